The van der Waals surface area contributed by atoms with Crippen molar-refractivity contribution in [3.05, 3.63) is 15.6 Å². The number of carbonyl (C=O) groups is 1. The van der Waals surface area contributed by atoms with Gasteiger partial charge >= 0.3 is 0 Å². The zero-order valence-corrected chi connectivity index (χ0v) is 16.4. The standard InChI is InChI=1S/C18H27N3O2S2/c22-18(20-6-9-24-10-7-20)11-14-13-23-8-5-21(14)12-17-19-15-3-1-2-4-16(15)25-17/h14H,1-13H2/t14-/m0/s1. The molecule has 0 radical (unpaired) electrons. The van der Waals surface area contributed by atoms with Crippen molar-refractivity contribution in [2.75, 3.05) is 44.4 Å². The van der Waals surface area contributed by atoms with Gasteiger partial charge < -0.3 is 9.64 Å². The summed E-state index contributed by atoms with van der Waals surface area (Å²) < 4.78 is 5.69. The fraction of sp³-hybridized carbons (Fsp3) is 0.778. The molecule has 0 unspecified atom stereocenters. The van der Waals surface area contributed by atoms with E-state index in [1.165, 1.54) is 34.8 Å². The number of thioether (sulfide) groups is 1. The van der Waals surface area contributed by atoms with Crippen molar-refractivity contribution in [1.29, 1.82) is 0 Å². The average Bonchev–Trinajstić information content (AvgIpc) is 3.06. The fourth-order valence-corrected chi connectivity index (χ4v) is 5.96. The Kier molecular flexibility index (Phi) is 5.95. The molecule has 1 atom stereocenters. The third kappa shape index (κ3) is 4.38. The smallest absolute Gasteiger partial charge is 0.224 e. The monoisotopic (exact) mass is 381 g/mol. The number of hydrogen-bond acceptors (Lipinski definition) is 6. The van der Waals surface area contributed by atoms with Crippen molar-refractivity contribution in [3.8, 4) is 0 Å². The number of fused-ring (bicyclic) bond motifs is 1. The molecule has 0 aromatic carbocycles. The van der Waals surface area contributed by atoms with Crippen molar-refractivity contribution in [2.24, 2.45) is 0 Å². The maximum absolute atomic E-state index is 12.6. The summed E-state index contributed by atoms with van der Waals surface area (Å²) in [5.74, 6) is 2.43. The largest absolute Gasteiger partial charge is 0.378 e. The van der Waals surface area contributed by atoms with Crippen molar-refractivity contribution in [2.45, 2.75) is 44.7 Å². The van der Waals surface area contributed by atoms with Gasteiger partial charge in [0.25, 0.3) is 0 Å². The number of morpholine rings is 1. The molecule has 5 nitrogen and oxygen atoms in total. The van der Waals surface area contributed by atoms with Crippen LogP contribution in [0.5, 0.6) is 0 Å². The first kappa shape index (κ1) is 17.8. The van der Waals surface area contributed by atoms with Crippen LogP contribution in [0.2, 0.25) is 0 Å². The summed E-state index contributed by atoms with van der Waals surface area (Å²) in [6.07, 6.45) is 5.50. The highest BCUT2D eigenvalue weighted by Gasteiger charge is 2.29. The molecular weight excluding hydrogens is 354 g/mol. The molecular formula is C18H27N3O2S2. The van der Waals surface area contributed by atoms with Crippen molar-refractivity contribution < 1.29 is 9.53 Å². The van der Waals surface area contributed by atoms with Crippen LogP contribution in [0, 0.1) is 0 Å². The van der Waals surface area contributed by atoms with E-state index in [9.17, 15) is 4.79 Å². The Morgan fingerprint density at radius 2 is 2.04 bits per heavy atom. The molecule has 0 N–H and O–H groups in total. The van der Waals surface area contributed by atoms with Crippen LogP contribution in [0.3, 0.4) is 0 Å². The van der Waals surface area contributed by atoms with Crippen molar-refractivity contribution >= 4 is 29.0 Å². The van der Waals surface area contributed by atoms with Gasteiger partial charge in [-0.1, -0.05) is 0 Å². The number of rotatable bonds is 4. The molecule has 2 fully saturated rings. The second kappa shape index (κ2) is 8.37. The van der Waals surface area contributed by atoms with E-state index >= 15 is 0 Å². The minimum Gasteiger partial charge on any atom is -0.378 e. The van der Waals surface area contributed by atoms with E-state index in [2.05, 4.69) is 4.90 Å². The zero-order valence-electron chi connectivity index (χ0n) is 14.7. The van der Waals surface area contributed by atoms with E-state index < -0.39 is 0 Å². The van der Waals surface area contributed by atoms with E-state index in [1.54, 1.807) is 0 Å². The predicted molar refractivity (Wildman–Crippen MR) is 102 cm³/mol. The first-order chi connectivity index (χ1) is 12.3. The number of carbonyl (C=O) groups excluding carboxylic acids is 1. The Bertz CT molecular complexity index is 578. The van der Waals surface area contributed by atoms with Gasteiger partial charge in [-0.25, -0.2) is 4.98 Å². The van der Waals surface area contributed by atoms with Gasteiger partial charge in [-0.2, -0.15) is 11.8 Å². The lowest BCUT2D eigenvalue weighted by Crippen LogP contribution is -2.48. The molecule has 1 aromatic heterocycles. The summed E-state index contributed by atoms with van der Waals surface area (Å²) >= 11 is 3.83. The van der Waals surface area contributed by atoms with Crippen LogP contribution >= 0.6 is 23.1 Å². The molecule has 1 aliphatic carbocycles. The Morgan fingerprint density at radius 1 is 1.20 bits per heavy atom. The molecule has 1 amide bonds. The number of nitrogens with zero attached hydrogens (tertiary/aromatic N) is 3. The number of aromatic nitrogens is 1. The summed E-state index contributed by atoms with van der Waals surface area (Å²) in [6, 6.07) is 0.191. The van der Waals surface area contributed by atoms with Crippen molar-refractivity contribution in [3.63, 3.8) is 0 Å². The number of thiazole rings is 1. The molecule has 138 valence electrons. The Balaban J connectivity index is 1.38. The van der Waals surface area contributed by atoms with Crippen LogP contribution in [0.4, 0.5) is 0 Å². The summed E-state index contributed by atoms with van der Waals surface area (Å²) in [6.45, 7) is 5.00. The molecule has 3 aliphatic rings. The average molecular weight is 382 g/mol. The quantitative estimate of drug-likeness (QED) is 0.800. The van der Waals surface area contributed by atoms with Crippen LogP contribution in [0.1, 0.15) is 34.8 Å². The SMILES string of the molecule is O=C(C[C@H]1COCCN1Cc1nc2c(s1)CCCC2)N1CCSCC1. The van der Waals surface area contributed by atoms with Gasteiger partial charge in [-0.15, -0.1) is 11.3 Å². The first-order valence-electron chi connectivity index (χ1n) is 9.44. The van der Waals surface area contributed by atoms with Gasteiger partial charge in [0.05, 0.1) is 25.5 Å². The summed E-state index contributed by atoms with van der Waals surface area (Å²) in [4.78, 5) is 23.5. The van der Waals surface area contributed by atoms with Gasteiger partial charge in [0.1, 0.15) is 5.01 Å². The van der Waals surface area contributed by atoms with Gasteiger partial charge in [0.15, 0.2) is 0 Å². The Morgan fingerprint density at radius 3 is 2.88 bits per heavy atom. The fourth-order valence-electron chi connectivity index (χ4n) is 3.88. The second-order valence-electron chi connectivity index (χ2n) is 7.08. The lowest BCUT2D eigenvalue weighted by molar-refractivity contribution is -0.134. The zero-order chi connectivity index (χ0) is 17.1. The van der Waals surface area contributed by atoms with Crippen molar-refractivity contribution in [1.82, 2.24) is 14.8 Å². The highest BCUT2D eigenvalue weighted by Crippen LogP contribution is 2.28. The molecule has 7 heteroatoms. The second-order valence-corrected chi connectivity index (χ2v) is 9.47. The number of amides is 1. The molecule has 4 rings (SSSR count). The maximum Gasteiger partial charge on any atom is 0.224 e. The highest BCUT2D eigenvalue weighted by molar-refractivity contribution is 7.99. The molecule has 0 spiro atoms. The van der Waals surface area contributed by atoms with Crippen LogP contribution < -0.4 is 0 Å². The number of aryl methyl sites for hydroxylation is 2. The highest BCUT2D eigenvalue weighted by atomic mass is 32.2. The van der Waals surface area contributed by atoms with E-state index in [0.717, 1.165) is 50.7 Å². The summed E-state index contributed by atoms with van der Waals surface area (Å²) in [7, 11) is 0. The normalized spacial score (nSPS) is 25.0. The van der Waals surface area contributed by atoms with Crippen LogP contribution in [-0.4, -0.2) is 71.1 Å². The summed E-state index contributed by atoms with van der Waals surface area (Å²) in [5.41, 5.74) is 1.33. The van der Waals surface area contributed by atoms with Gasteiger partial charge in [0.2, 0.25) is 5.91 Å². The van der Waals surface area contributed by atoms with Crippen LogP contribution in [0.15, 0.2) is 0 Å². The lowest BCUT2D eigenvalue weighted by atomic mass is 10.0. The van der Waals surface area contributed by atoms with Crippen LogP contribution in [0.25, 0.3) is 0 Å². The molecule has 1 aromatic rings. The molecule has 2 aliphatic heterocycles. The van der Waals surface area contributed by atoms with E-state index in [0.29, 0.717) is 18.9 Å². The topological polar surface area (TPSA) is 45.7 Å². The van der Waals surface area contributed by atoms with E-state index in [-0.39, 0.29) is 6.04 Å². The van der Waals surface area contributed by atoms with Gasteiger partial charge in [-0.05, 0) is 25.7 Å². The molecule has 0 saturated carbocycles. The number of ether oxygens (including phenoxy) is 1. The van der Waals surface area contributed by atoms with Crippen LogP contribution in [-0.2, 0) is 28.9 Å². The van der Waals surface area contributed by atoms with E-state index in [4.69, 9.17) is 9.72 Å². The third-order valence-corrected chi connectivity index (χ3v) is 7.44. The molecule has 25 heavy (non-hydrogen) atoms. The predicted octanol–water partition coefficient (Wildman–Crippen LogP) is 2.19. The maximum atomic E-state index is 12.6. The molecule has 0 bridgehead atoms. The molecule has 3 heterocycles. The molecule has 2 saturated heterocycles. The third-order valence-electron chi connectivity index (χ3n) is 5.35. The minimum absolute atomic E-state index is 0.191. The van der Waals surface area contributed by atoms with E-state index in [1.807, 2.05) is 28.0 Å². The number of hydrogen-bond donors (Lipinski definition) is 0. The summed E-state index contributed by atoms with van der Waals surface area (Å²) in [5, 5.41) is 1.22. The van der Waals surface area contributed by atoms with Gasteiger partial charge in [0, 0.05) is 48.5 Å². The van der Waals surface area contributed by atoms with Gasteiger partial charge in [-0.3, -0.25) is 9.69 Å². The first-order valence-corrected chi connectivity index (χ1v) is 11.4. The Labute approximate surface area is 158 Å². The minimum atomic E-state index is 0.191. The Hall–Kier alpha value is -0.630. The lowest BCUT2D eigenvalue weighted by Gasteiger charge is -2.36.